The molecule has 0 aromatic heterocycles. The predicted octanol–water partition coefficient (Wildman–Crippen LogP) is 2.52. The highest BCUT2D eigenvalue weighted by atomic mass is 35.5. The molecule has 5 nitrogen and oxygen atoms in total. The minimum absolute atomic E-state index is 0. The number of benzene rings is 1. The molecule has 1 fully saturated rings. The molecule has 1 heterocycles. The maximum atomic E-state index is 12.6. The molecule has 0 saturated carbocycles. The Hall–Kier alpha value is -0.530. The molecule has 8 heteroatoms. The van der Waals surface area contributed by atoms with Crippen molar-refractivity contribution in [3.63, 3.8) is 0 Å². The molecule has 2 N–H and O–H groups in total. The van der Waals surface area contributed by atoms with E-state index in [1.54, 1.807) is 6.07 Å². The van der Waals surface area contributed by atoms with E-state index in [1.165, 1.54) is 23.5 Å². The molecule has 1 saturated heterocycles. The summed E-state index contributed by atoms with van der Waals surface area (Å²) in [5, 5.41) is 0.295. The molecule has 0 bridgehead atoms. The SMILES string of the molecule is COc1ccc(S(=O)(=O)N2CCC(C(C)N)CC2)cc1Cl.Cl. The number of sulfonamides is 1. The third-order valence-corrected chi connectivity index (χ3v) is 6.19. The highest BCUT2D eigenvalue weighted by Gasteiger charge is 2.30. The van der Waals surface area contributed by atoms with Gasteiger partial charge in [-0.1, -0.05) is 11.6 Å². The Labute approximate surface area is 143 Å². The smallest absolute Gasteiger partial charge is 0.243 e. The second-order valence-electron chi connectivity index (χ2n) is 5.40. The van der Waals surface area contributed by atoms with Crippen molar-refractivity contribution in [2.75, 3.05) is 20.2 Å². The van der Waals surface area contributed by atoms with Gasteiger partial charge in [-0.25, -0.2) is 8.42 Å². The number of hydrogen-bond donors (Lipinski definition) is 1. The van der Waals surface area contributed by atoms with Crippen LogP contribution in [0.4, 0.5) is 0 Å². The number of hydrogen-bond acceptors (Lipinski definition) is 4. The van der Waals surface area contributed by atoms with Crippen molar-refractivity contribution in [3.05, 3.63) is 23.2 Å². The molecule has 1 aliphatic heterocycles. The summed E-state index contributed by atoms with van der Waals surface area (Å²) in [7, 11) is -2.01. The van der Waals surface area contributed by atoms with E-state index in [0.29, 0.717) is 29.8 Å². The lowest BCUT2D eigenvalue weighted by Gasteiger charge is -2.33. The van der Waals surface area contributed by atoms with Gasteiger partial charge in [0.25, 0.3) is 0 Å². The summed E-state index contributed by atoms with van der Waals surface area (Å²) in [4.78, 5) is 0.201. The molecule has 1 unspecified atom stereocenters. The van der Waals surface area contributed by atoms with Gasteiger partial charge in [0.05, 0.1) is 17.0 Å². The van der Waals surface area contributed by atoms with Crippen LogP contribution in [0.5, 0.6) is 5.75 Å². The van der Waals surface area contributed by atoms with Gasteiger partial charge in [-0.3, -0.25) is 0 Å². The molecule has 0 amide bonds. The molecule has 0 aliphatic carbocycles. The van der Waals surface area contributed by atoms with Crippen LogP contribution >= 0.6 is 24.0 Å². The molecule has 1 aromatic carbocycles. The molecule has 22 heavy (non-hydrogen) atoms. The second kappa shape index (κ2) is 7.84. The first kappa shape index (κ1) is 19.5. The van der Waals surface area contributed by atoms with Crippen LogP contribution in [0.15, 0.2) is 23.1 Å². The largest absolute Gasteiger partial charge is 0.495 e. The molecule has 0 spiro atoms. The van der Waals surface area contributed by atoms with Crippen LogP contribution in [-0.2, 0) is 10.0 Å². The van der Waals surface area contributed by atoms with Crippen molar-refractivity contribution in [2.45, 2.75) is 30.7 Å². The topological polar surface area (TPSA) is 72.6 Å². The first-order valence-corrected chi connectivity index (χ1v) is 8.77. The molecule has 2 rings (SSSR count). The van der Waals surface area contributed by atoms with Gasteiger partial charge in [0.1, 0.15) is 5.75 Å². The van der Waals surface area contributed by atoms with Gasteiger partial charge in [-0.2, -0.15) is 4.31 Å². The fourth-order valence-electron chi connectivity index (χ4n) is 2.60. The van der Waals surface area contributed by atoms with Gasteiger partial charge >= 0.3 is 0 Å². The molecule has 1 aromatic rings. The summed E-state index contributed by atoms with van der Waals surface area (Å²) < 4.78 is 31.8. The Morgan fingerprint density at radius 3 is 2.41 bits per heavy atom. The Balaban J connectivity index is 0.00000242. The van der Waals surface area contributed by atoms with E-state index in [4.69, 9.17) is 22.1 Å². The maximum absolute atomic E-state index is 12.6. The van der Waals surface area contributed by atoms with Crippen molar-refractivity contribution >= 4 is 34.0 Å². The lowest BCUT2D eigenvalue weighted by Crippen LogP contribution is -2.42. The normalized spacial score (nSPS) is 18.5. The molecule has 126 valence electrons. The monoisotopic (exact) mass is 368 g/mol. The van der Waals surface area contributed by atoms with Crippen molar-refractivity contribution in [3.8, 4) is 5.75 Å². The number of piperidine rings is 1. The van der Waals surface area contributed by atoms with Crippen molar-refractivity contribution in [2.24, 2.45) is 11.7 Å². The fourth-order valence-corrected chi connectivity index (χ4v) is 4.42. The second-order valence-corrected chi connectivity index (χ2v) is 7.74. The minimum Gasteiger partial charge on any atom is -0.495 e. The van der Waals surface area contributed by atoms with Crippen molar-refractivity contribution in [1.29, 1.82) is 0 Å². The zero-order valence-electron chi connectivity index (χ0n) is 12.7. The van der Waals surface area contributed by atoms with E-state index in [2.05, 4.69) is 0 Å². The summed E-state index contributed by atoms with van der Waals surface area (Å²) >= 11 is 6.01. The number of halogens is 2. The van der Waals surface area contributed by atoms with Gasteiger partial charge in [0.15, 0.2) is 0 Å². The third kappa shape index (κ3) is 4.06. The van der Waals surface area contributed by atoms with E-state index >= 15 is 0 Å². The number of ether oxygens (including phenoxy) is 1. The van der Waals surface area contributed by atoms with Gasteiger partial charge in [0, 0.05) is 19.1 Å². The van der Waals surface area contributed by atoms with Crippen LogP contribution < -0.4 is 10.5 Å². The quantitative estimate of drug-likeness (QED) is 0.885. The molecule has 1 aliphatic rings. The third-order valence-electron chi connectivity index (χ3n) is 4.00. The zero-order valence-corrected chi connectivity index (χ0v) is 15.0. The van der Waals surface area contributed by atoms with Crippen LogP contribution in [0.25, 0.3) is 0 Å². The molecule has 1 atom stereocenters. The van der Waals surface area contributed by atoms with E-state index in [1.807, 2.05) is 6.92 Å². The van der Waals surface area contributed by atoms with Crippen LogP contribution in [0.2, 0.25) is 5.02 Å². The highest BCUT2D eigenvalue weighted by molar-refractivity contribution is 7.89. The van der Waals surface area contributed by atoms with E-state index < -0.39 is 10.0 Å². The van der Waals surface area contributed by atoms with Crippen LogP contribution in [0.3, 0.4) is 0 Å². The van der Waals surface area contributed by atoms with Gasteiger partial charge in [-0.05, 0) is 43.9 Å². The average molecular weight is 369 g/mol. The first-order valence-electron chi connectivity index (χ1n) is 6.95. The number of methoxy groups -OCH3 is 1. The minimum atomic E-state index is -3.51. The number of nitrogens with two attached hydrogens (primary N) is 1. The van der Waals surface area contributed by atoms with Gasteiger partial charge in [0.2, 0.25) is 10.0 Å². The summed E-state index contributed by atoms with van der Waals surface area (Å²) in [5.41, 5.74) is 5.89. The summed E-state index contributed by atoms with van der Waals surface area (Å²) in [6.07, 6.45) is 1.58. The Bertz CT molecular complexity index is 600. The lowest BCUT2D eigenvalue weighted by atomic mass is 9.92. The summed E-state index contributed by atoms with van der Waals surface area (Å²) in [6, 6.07) is 4.64. The van der Waals surface area contributed by atoms with Gasteiger partial charge < -0.3 is 10.5 Å². The Morgan fingerprint density at radius 2 is 1.95 bits per heavy atom. The fraction of sp³-hybridized carbons (Fsp3) is 0.571. The summed E-state index contributed by atoms with van der Waals surface area (Å²) in [6.45, 7) is 2.97. The van der Waals surface area contributed by atoms with Crippen LogP contribution in [-0.4, -0.2) is 39.0 Å². The molecular weight excluding hydrogens is 347 g/mol. The zero-order chi connectivity index (χ0) is 15.6. The maximum Gasteiger partial charge on any atom is 0.243 e. The van der Waals surface area contributed by atoms with Gasteiger partial charge in [-0.15, -0.1) is 12.4 Å². The van der Waals surface area contributed by atoms with Crippen molar-refractivity contribution in [1.82, 2.24) is 4.31 Å². The van der Waals surface area contributed by atoms with E-state index in [-0.39, 0.29) is 23.3 Å². The summed E-state index contributed by atoms with van der Waals surface area (Å²) in [5.74, 6) is 0.849. The van der Waals surface area contributed by atoms with Crippen LogP contribution in [0.1, 0.15) is 19.8 Å². The lowest BCUT2D eigenvalue weighted by molar-refractivity contribution is 0.250. The van der Waals surface area contributed by atoms with E-state index in [9.17, 15) is 8.42 Å². The predicted molar refractivity (Wildman–Crippen MR) is 90.4 cm³/mol. The van der Waals surface area contributed by atoms with Crippen molar-refractivity contribution < 1.29 is 13.2 Å². The molecular formula is C14H22Cl2N2O3S. The average Bonchev–Trinajstić information content (AvgIpc) is 2.47. The first-order chi connectivity index (χ1) is 9.86. The Morgan fingerprint density at radius 1 is 1.36 bits per heavy atom. The van der Waals surface area contributed by atoms with E-state index in [0.717, 1.165) is 12.8 Å². The molecule has 0 radical (unpaired) electrons. The van der Waals surface area contributed by atoms with Crippen LogP contribution in [0, 0.1) is 5.92 Å². The highest BCUT2D eigenvalue weighted by Crippen LogP contribution is 2.30. The number of rotatable bonds is 4. The standard InChI is InChI=1S/C14H21ClN2O3S.ClH/c1-10(16)11-5-7-17(8-6-11)21(18,19)12-3-4-14(20-2)13(15)9-12;/h3-4,9-11H,5-8,16H2,1-2H3;1H. The Kier molecular flexibility index (Phi) is 6.95. The number of nitrogens with zero attached hydrogens (tertiary/aromatic N) is 1.